The third-order valence-corrected chi connectivity index (χ3v) is 4.95. The first-order valence-electron chi connectivity index (χ1n) is 8.45. The van der Waals surface area contributed by atoms with E-state index in [-0.39, 0.29) is 5.56 Å². The van der Waals surface area contributed by atoms with E-state index in [9.17, 15) is 4.79 Å². The van der Waals surface area contributed by atoms with E-state index in [1.54, 1.807) is 34.9 Å². The van der Waals surface area contributed by atoms with E-state index in [4.69, 9.17) is 23.2 Å². The maximum atomic E-state index is 12.7. The summed E-state index contributed by atoms with van der Waals surface area (Å²) >= 11 is 12.5. The minimum absolute atomic E-state index is 0.257. The lowest BCUT2D eigenvalue weighted by Crippen LogP contribution is -2.14. The monoisotopic (exact) mass is 414 g/mol. The normalized spacial score (nSPS) is 11.1. The number of hydrogen-bond acceptors (Lipinski definition) is 5. The number of aromatic amines is 1. The predicted octanol–water partition coefficient (Wildman–Crippen LogP) is 4.46. The second kappa shape index (κ2) is 7.18. The molecule has 4 rings (SSSR count). The first kappa shape index (κ1) is 18.3. The number of imidazole rings is 1. The average Bonchev–Trinajstić information content (AvgIpc) is 2.99. The van der Waals surface area contributed by atoms with Crippen LogP contribution in [-0.4, -0.2) is 26.1 Å². The topological polar surface area (TPSA) is 87.6 Å². The van der Waals surface area contributed by atoms with E-state index in [1.165, 1.54) is 0 Å². The highest BCUT2D eigenvalue weighted by atomic mass is 35.5. The van der Waals surface area contributed by atoms with Crippen molar-refractivity contribution >= 4 is 62.7 Å². The molecule has 0 fully saturated rings. The van der Waals surface area contributed by atoms with Crippen LogP contribution >= 0.6 is 23.2 Å². The van der Waals surface area contributed by atoms with Crippen LogP contribution in [-0.2, 0) is 7.05 Å². The summed E-state index contributed by atoms with van der Waals surface area (Å²) in [6, 6.07) is 8.83. The van der Waals surface area contributed by atoms with Gasteiger partial charge in [-0.05, 0) is 24.3 Å². The summed E-state index contributed by atoms with van der Waals surface area (Å²) in [5.74, 6) is 0.894. The molecule has 0 bridgehead atoms. The fourth-order valence-electron chi connectivity index (χ4n) is 3.02. The van der Waals surface area contributed by atoms with Crippen LogP contribution in [0.1, 0.15) is 0 Å². The quantitative estimate of drug-likeness (QED) is 0.419. The largest absolute Gasteiger partial charge is 0.352 e. The van der Waals surface area contributed by atoms with Gasteiger partial charge in [-0.2, -0.15) is 0 Å². The first-order valence-corrected chi connectivity index (χ1v) is 9.20. The predicted molar refractivity (Wildman–Crippen MR) is 115 cm³/mol. The Morgan fingerprint density at radius 3 is 2.61 bits per heavy atom. The second-order valence-corrected chi connectivity index (χ2v) is 6.94. The van der Waals surface area contributed by atoms with Gasteiger partial charge in [-0.3, -0.25) is 9.78 Å². The Hall–Kier alpha value is -3.03. The van der Waals surface area contributed by atoms with Gasteiger partial charge in [-0.25, -0.2) is 9.97 Å². The van der Waals surface area contributed by atoms with Crippen molar-refractivity contribution in [1.29, 1.82) is 0 Å². The number of aromatic nitrogens is 4. The maximum absolute atomic E-state index is 12.7. The van der Waals surface area contributed by atoms with Crippen LogP contribution in [0.15, 0.2) is 47.8 Å². The molecule has 0 unspecified atom stereocenters. The number of benzene rings is 2. The lowest BCUT2D eigenvalue weighted by molar-refractivity contribution is 0.960. The summed E-state index contributed by atoms with van der Waals surface area (Å²) in [5, 5.41) is 7.55. The van der Waals surface area contributed by atoms with E-state index in [2.05, 4.69) is 32.2 Å². The molecule has 4 aromatic rings. The molecule has 3 N–H and O–H groups in total. The minimum Gasteiger partial charge on any atom is -0.352 e. The Bertz CT molecular complexity index is 1260. The lowest BCUT2D eigenvalue weighted by atomic mass is 10.2. The maximum Gasteiger partial charge on any atom is 0.262 e. The van der Waals surface area contributed by atoms with Gasteiger partial charge in [0.2, 0.25) is 11.9 Å². The number of aryl methyl sites for hydroxylation is 1. The van der Waals surface area contributed by atoms with Gasteiger partial charge >= 0.3 is 0 Å². The Morgan fingerprint density at radius 2 is 1.89 bits per heavy atom. The highest BCUT2D eigenvalue weighted by Crippen LogP contribution is 2.33. The van der Waals surface area contributed by atoms with Crippen LogP contribution in [0, 0.1) is 0 Å². The number of nitrogens with one attached hydrogen (secondary N) is 3. The summed E-state index contributed by atoms with van der Waals surface area (Å²) in [6.45, 7) is 4.14. The van der Waals surface area contributed by atoms with Crippen LogP contribution in [0.4, 0.5) is 17.6 Å². The number of halogens is 2. The molecular weight excluding hydrogens is 399 g/mol. The van der Waals surface area contributed by atoms with Crippen molar-refractivity contribution in [2.24, 2.45) is 7.05 Å². The second-order valence-electron chi connectivity index (χ2n) is 6.13. The molecule has 9 heteroatoms. The Balaban J connectivity index is 1.88. The van der Waals surface area contributed by atoms with Crippen molar-refractivity contribution in [3.8, 4) is 0 Å². The van der Waals surface area contributed by atoms with Gasteiger partial charge in [-0.15, -0.1) is 6.58 Å². The standard InChI is InChI=1S/C19H16Cl2N6O/c1-3-9-22-18-23-12-7-8-13-16(14(12)17(28)26-18)27(2)19(24-13)25-15-10(20)5-4-6-11(15)21/h3-8H,1,9H2,2H3,(H,24,25)(H2,22,23,26,28). The summed E-state index contributed by atoms with van der Waals surface area (Å²) in [7, 11) is 1.81. The van der Waals surface area contributed by atoms with Crippen LogP contribution in [0.5, 0.6) is 0 Å². The summed E-state index contributed by atoms with van der Waals surface area (Å²) in [4.78, 5) is 24.5. The number of anilines is 3. The molecule has 0 spiro atoms. The number of nitrogens with zero attached hydrogens (tertiary/aromatic N) is 3. The molecule has 142 valence electrons. The molecule has 0 saturated heterocycles. The minimum atomic E-state index is -0.257. The van der Waals surface area contributed by atoms with Gasteiger partial charge in [0, 0.05) is 13.6 Å². The summed E-state index contributed by atoms with van der Waals surface area (Å²) in [5.41, 5.74) is 2.17. The molecule has 0 atom stereocenters. The first-order chi connectivity index (χ1) is 13.5. The summed E-state index contributed by atoms with van der Waals surface area (Å²) in [6.07, 6.45) is 1.69. The molecule has 0 radical (unpaired) electrons. The molecular formula is C19H16Cl2N6O. The van der Waals surface area contributed by atoms with Crippen molar-refractivity contribution in [1.82, 2.24) is 19.5 Å². The lowest BCUT2D eigenvalue weighted by Gasteiger charge is -2.10. The van der Waals surface area contributed by atoms with Crippen LogP contribution in [0.2, 0.25) is 10.0 Å². The van der Waals surface area contributed by atoms with Crippen molar-refractivity contribution in [3.63, 3.8) is 0 Å². The number of H-pyrrole nitrogens is 1. The van der Waals surface area contributed by atoms with Crippen LogP contribution in [0.25, 0.3) is 21.9 Å². The van der Waals surface area contributed by atoms with Crippen LogP contribution < -0.4 is 16.2 Å². The molecule has 2 aromatic carbocycles. The average molecular weight is 415 g/mol. The van der Waals surface area contributed by atoms with E-state index in [0.29, 0.717) is 56.1 Å². The number of hydrogen-bond donors (Lipinski definition) is 3. The zero-order valence-corrected chi connectivity index (χ0v) is 16.4. The number of fused-ring (bicyclic) bond motifs is 3. The van der Waals surface area contributed by atoms with Crippen molar-refractivity contribution < 1.29 is 0 Å². The fourth-order valence-corrected chi connectivity index (χ4v) is 3.52. The van der Waals surface area contributed by atoms with E-state index in [0.717, 1.165) is 0 Å². The van der Waals surface area contributed by atoms with Gasteiger partial charge in [-0.1, -0.05) is 35.3 Å². The zero-order chi connectivity index (χ0) is 19.8. The van der Waals surface area contributed by atoms with E-state index in [1.807, 2.05) is 13.1 Å². The number of rotatable bonds is 5. The smallest absolute Gasteiger partial charge is 0.262 e. The molecule has 28 heavy (non-hydrogen) atoms. The highest BCUT2D eigenvalue weighted by Gasteiger charge is 2.16. The van der Waals surface area contributed by atoms with Crippen LogP contribution in [0.3, 0.4) is 0 Å². The molecule has 0 saturated carbocycles. The molecule has 0 aliphatic heterocycles. The van der Waals surface area contributed by atoms with Gasteiger partial charge in [0.05, 0.1) is 37.7 Å². The SMILES string of the molecule is C=CCNc1nc2ccc3nc(Nc4c(Cl)cccc4Cl)n(C)c3c2c(=O)[nH]1. The number of para-hydroxylation sites is 1. The molecule has 2 aromatic heterocycles. The Morgan fingerprint density at radius 1 is 1.18 bits per heavy atom. The third kappa shape index (κ3) is 3.08. The Labute approximate surface area is 170 Å². The Kier molecular flexibility index (Phi) is 4.70. The fraction of sp³-hybridized carbons (Fsp3) is 0.105. The van der Waals surface area contributed by atoms with Gasteiger partial charge in [0.25, 0.3) is 5.56 Å². The highest BCUT2D eigenvalue weighted by molar-refractivity contribution is 6.39. The zero-order valence-electron chi connectivity index (χ0n) is 14.9. The molecule has 0 aliphatic carbocycles. The van der Waals surface area contributed by atoms with Gasteiger partial charge in [0.15, 0.2) is 0 Å². The van der Waals surface area contributed by atoms with E-state index < -0.39 is 0 Å². The van der Waals surface area contributed by atoms with Gasteiger partial charge < -0.3 is 15.2 Å². The van der Waals surface area contributed by atoms with Crippen molar-refractivity contribution in [2.45, 2.75) is 0 Å². The molecule has 0 amide bonds. The van der Waals surface area contributed by atoms with Gasteiger partial charge in [0.1, 0.15) is 0 Å². The summed E-state index contributed by atoms with van der Waals surface area (Å²) < 4.78 is 1.78. The van der Waals surface area contributed by atoms with E-state index >= 15 is 0 Å². The van der Waals surface area contributed by atoms with Crippen molar-refractivity contribution in [3.05, 3.63) is 63.4 Å². The van der Waals surface area contributed by atoms with Crippen molar-refractivity contribution in [2.75, 3.05) is 17.2 Å². The third-order valence-electron chi connectivity index (χ3n) is 4.32. The molecule has 0 aliphatic rings. The molecule has 2 heterocycles. The molecule has 7 nitrogen and oxygen atoms in total.